The first-order chi connectivity index (χ1) is 10.4. The van der Waals surface area contributed by atoms with Crippen LogP contribution in [0.2, 0.25) is 0 Å². The minimum absolute atomic E-state index is 0. The van der Waals surface area contributed by atoms with Crippen molar-refractivity contribution < 1.29 is 19.9 Å². The lowest BCUT2D eigenvalue weighted by Crippen LogP contribution is -2.10. The number of carbonyl (C=O) groups is 1. The fourth-order valence-corrected chi connectivity index (χ4v) is 2.26. The van der Waals surface area contributed by atoms with Crippen molar-refractivity contribution in [3.63, 3.8) is 0 Å². The summed E-state index contributed by atoms with van der Waals surface area (Å²) < 4.78 is 0. The first kappa shape index (κ1) is 18.3. The van der Waals surface area contributed by atoms with E-state index in [4.69, 9.17) is 5.11 Å². The summed E-state index contributed by atoms with van der Waals surface area (Å²) in [5, 5.41) is 29.1. The Bertz CT molecular complexity index is 709. The lowest BCUT2D eigenvalue weighted by Gasteiger charge is -2.12. The summed E-state index contributed by atoms with van der Waals surface area (Å²) in [6, 6.07) is 11.1. The maximum atomic E-state index is 10.8. The Balaban J connectivity index is 0.00000264. The van der Waals surface area contributed by atoms with Gasteiger partial charge in [0, 0.05) is 12.1 Å². The Kier molecular flexibility index (Phi) is 5.98. The molecule has 0 aliphatic rings. The van der Waals surface area contributed by atoms with E-state index < -0.39 is 17.0 Å². The summed E-state index contributed by atoms with van der Waals surface area (Å²) in [5.74, 6) is -1.30. The minimum atomic E-state index is -1.56. The van der Waals surface area contributed by atoms with Gasteiger partial charge in [-0.05, 0) is 40.8 Å². The van der Waals surface area contributed by atoms with E-state index in [2.05, 4.69) is 0 Å². The molecule has 6 heteroatoms. The lowest BCUT2D eigenvalue weighted by atomic mass is 9.94. The zero-order chi connectivity index (χ0) is 16.3. The topological polar surface area (TPSA) is 101 Å². The van der Waals surface area contributed by atoms with Crippen molar-refractivity contribution in [1.82, 2.24) is 0 Å². The Labute approximate surface area is 134 Å². The molecule has 0 saturated heterocycles. The number of nitro benzene ring substituents is 1. The predicted molar refractivity (Wildman–Crippen MR) is 87.2 cm³/mol. The maximum Gasteiger partial charge on any atom is 0.337 e. The summed E-state index contributed by atoms with van der Waals surface area (Å²) in [5.41, 5.74) is 2.86. The first-order valence-electron chi connectivity index (χ1n) is 6.72. The third-order valence-electron chi connectivity index (χ3n) is 3.45. The molecular weight excluding hydrogens is 298 g/mol. The van der Waals surface area contributed by atoms with Gasteiger partial charge in [-0.3, -0.25) is 10.1 Å². The third-order valence-corrected chi connectivity index (χ3v) is 3.45. The SMILES string of the molecule is C.CCc1cc(C(O)C(=O)O)ccc1-c1ccc([N+](=O)[O-])cc1. The molecule has 2 N–H and O–H groups in total. The number of rotatable bonds is 5. The Hall–Kier alpha value is -2.73. The smallest absolute Gasteiger partial charge is 0.337 e. The summed E-state index contributed by atoms with van der Waals surface area (Å²) in [4.78, 5) is 21.1. The van der Waals surface area contributed by atoms with Crippen molar-refractivity contribution in [3.05, 3.63) is 63.7 Å². The van der Waals surface area contributed by atoms with Crippen molar-refractivity contribution in [2.24, 2.45) is 0 Å². The van der Waals surface area contributed by atoms with Crippen LogP contribution in [-0.2, 0) is 11.2 Å². The number of aliphatic carboxylic acids is 1. The van der Waals surface area contributed by atoms with Gasteiger partial charge >= 0.3 is 5.97 Å². The summed E-state index contributed by atoms with van der Waals surface area (Å²) in [7, 11) is 0. The third kappa shape index (κ3) is 3.92. The molecule has 122 valence electrons. The van der Waals surface area contributed by atoms with Crippen molar-refractivity contribution in [2.75, 3.05) is 0 Å². The molecule has 2 aromatic rings. The van der Waals surface area contributed by atoms with Crippen LogP contribution >= 0.6 is 0 Å². The van der Waals surface area contributed by atoms with Gasteiger partial charge < -0.3 is 10.2 Å². The summed E-state index contributed by atoms with van der Waals surface area (Å²) in [6.07, 6.45) is -0.914. The van der Waals surface area contributed by atoms with Crippen LogP contribution in [0.4, 0.5) is 5.69 Å². The first-order valence-corrected chi connectivity index (χ1v) is 6.72. The van der Waals surface area contributed by atoms with E-state index in [1.165, 1.54) is 12.1 Å². The van der Waals surface area contributed by atoms with Crippen molar-refractivity contribution in [2.45, 2.75) is 26.9 Å². The van der Waals surface area contributed by atoms with Crippen LogP contribution in [0.3, 0.4) is 0 Å². The number of carboxylic acid groups (broad SMARTS) is 1. The van der Waals surface area contributed by atoms with E-state index in [1.54, 1.807) is 30.3 Å². The molecule has 1 unspecified atom stereocenters. The van der Waals surface area contributed by atoms with Gasteiger partial charge in [-0.2, -0.15) is 0 Å². The Morgan fingerprint density at radius 2 is 1.83 bits per heavy atom. The van der Waals surface area contributed by atoms with Crippen LogP contribution in [0.15, 0.2) is 42.5 Å². The van der Waals surface area contributed by atoms with E-state index in [-0.39, 0.29) is 13.1 Å². The van der Waals surface area contributed by atoms with E-state index in [9.17, 15) is 20.0 Å². The molecule has 0 heterocycles. The van der Waals surface area contributed by atoms with Gasteiger partial charge in [0.1, 0.15) is 0 Å². The second-order valence-electron chi connectivity index (χ2n) is 4.81. The highest BCUT2D eigenvalue weighted by Crippen LogP contribution is 2.28. The minimum Gasteiger partial charge on any atom is -0.479 e. The highest BCUT2D eigenvalue weighted by atomic mass is 16.6. The molecule has 0 fully saturated rings. The fourth-order valence-electron chi connectivity index (χ4n) is 2.26. The standard InChI is InChI=1S/C16H15NO5.CH4/c1-2-10-9-12(15(18)16(19)20)5-8-14(10)11-3-6-13(7-4-11)17(21)22;/h3-9,15,18H,2H2,1H3,(H,19,20);1H4. The second kappa shape index (κ2) is 7.51. The number of benzene rings is 2. The van der Waals surface area contributed by atoms with Gasteiger partial charge in [0.25, 0.3) is 5.69 Å². The predicted octanol–water partition coefficient (Wildman–Crippen LogP) is 3.58. The van der Waals surface area contributed by atoms with Crippen molar-refractivity contribution >= 4 is 11.7 Å². The average molecular weight is 317 g/mol. The second-order valence-corrected chi connectivity index (χ2v) is 4.81. The summed E-state index contributed by atoms with van der Waals surface area (Å²) >= 11 is 0. The van der Waals surface area contributed by atoms with E-state index >= 15 is 0 Å². The zero-order valence-corrected chi connectivity index (χ0v) is 11.9. The van der Waals surface area contributed by atoms with Crippen LogP contribution in [-0.4, -0.2) is 21.1 Å². The number of nitro groups is 1. The van der Waals surface area contributed by atoms with Crippen LogP contribution in [0.25, 0.3) is 11.1 Å². The molecule has 0 saturated carbocycles. The van der Waals surface area contributed by atoms with Gasteiger partial charge in [0.05, 0.1) is 4.92 Å². The summed E-state index contributed by atoms with van der Waals surface area (Å²) in [6.45, 7) is 1.92. The number of aliphatic hydroxyl groups excluding tert-OH is 1. The van der Waals surface area contributed by atoms with Crippen molar-refractivity contribution in [1.29, 1.82) is 0 Å². The molecule has 2 aromatic carbocycles. The molecule has 0 amide bonds. The van der Waals surface area contributed by atoms with E-state index in [0.717, 1.165) is 16.7 Å². The number of hydrogen-bond acceptors (Lipinski definition) is 4. The lowest BCUT2D eigenvalue weighted by molar-refractivity contribution is -0.384. The van der Waals surface area contributed by atoms with Crippen molar-refractivity contribution in [3.8, 4) is 11.1 Å². The molecule has 0 aliphatic carbocycles. The molecule has 0 spiro atoms. The van der Waals surface area contributed by atoms with E-state index in [1.807, 2.05) is 6.92 Å². The fraction of sp³-hybridized carbons (Fsp3) is 0.235. The molecule has 0 radical (unpaired) electrons. The number of hydrogen-bond donors (Lipinski definition) is 2. The monoisotopic (exact) mass is 317 g/mol. The molecule has 1 atom stereocenters. The largest absolute Gasteiger partial charge is 0.479 e. The highest BCUT2D eigenvalue weighted by Gasteiger charge is 2.17. The number of aliphatic hydroxyl groups is 1. The molecule has 0 bridgehead atoms. The molecule has 6 nitrogen and oxygen atoms in total. The van der Waals surface area contributed by atoms with E-state index in [0.29, 0.717) is 12.0 Å². The van der Waals surface area contributed by atoms with Gasteiger partial charge in [0.2, 0.25) is 0 Å². The average Bonchev–Trinajstić information content (AvgIpc) is 2.53. The molecule has 0 aromatic heterocycles. The highest BCUT2D eigenvalue weighted by molar-refractivity contribution is 5.75. The van der Waals surface area contributed by atoms with Gasteiger partial charge in [0.15, 0.2) is 6.10 Å². The van der Waals surface area contributed by atoms with Crippen LogP contribution < -0.4 is 0 Å². The van der Waals surface area contributed by atoms with Gasteiger partial charge in [-0.1, -0.05) is 32.5 Å². The Morgan fingerprint density at radius 3 is 2.30 bits per heavy atom. The Morgan fingerprint density at radius 1 is 1.22 bits per heavy atom. The molecule has 0 aliphatic heterocycles. The quantitative estimate of drug-likeness (QED) is 0.648. The normalized spacial score (nSPS) is 11.4. The number of non-ortho nitro benzene ring substituents is 1. The number of carboxylic acids is 1. The zero-order valence-electron chi connectivity index (χ0n) is 11.9. The van der Waals surface area contributed by atoms with Gasteiger partial charge in [-0.15, -0.1) is 0 Å². The number of nitrogens with zero attached hydrogens (tertiary/aromatic N) is 1. The van der Waals surface area contributed by atoms with Crippen LogP contribution in [0.1, 0.15) is 31.6 Å². The molecular formula is C17H19NO5. The molecule has 23 heavy (non-hydrogen) atoms. The van der Waals surface area contributed by atoms with Crippen LogP contribution in [0.5, 0.6) is 0 Å². The van der Waals surface area contributed by atoms with Gasteiger partial charge in [-0.25, -0.2) is 4.79 Å². The van der Waals surface area contributed by atoms with Crippen LogP contribution in [0, 0.1) is 10.1 Å². The maximum absolute atomic E-state index is 10.8. The number of aryl methyl sites for hydroxylation is 1. The molecule has 2 rings (SSSR count).